The number of thiophene rings is 1. The van der Waals surface area contributed by atoms with E-state index >= 15 is 0 Å². The van der Waals surface area contributed by atoms with Crippen molar-refractivity contribution in [3.05, 3.63) is 57.2 Å². The van der Waals surface area contributed by atoms with Gasteiger partial charge in [-0.15, -0.1) is 11.3 Å². The number of halogens is 1. The van der Waals surface area contributed by atoms with Crippen molar-refractivity contribution in [3.63, 3.8) is 0 Å². The third kappa shape index (κ3) is 3.12. The molecular formula is C20H22ClNO2S. The number of aliphatic hydroxyl groups excluding tert-OH is 1. The first kappa shape index (κ1) is 17.1. The molecule has 0 saturated heterocycles. The summed E-state index contributed by atoms with van der Waals surface area (Å²) >= 11 is 7.69. The van der Waals surface area contributed by atoms with Crippen LogP contribution in [-0.2, 0) is 10.2 Å². The maximum absolute atomic E-state index is 13.3. The zero-order valence-corrected chi connectivity index (χ0v) is 15.5. The number of hydrogen-bond donors (Lipinski definition) is 2. The Bertz CT molecular complexity index is 734. The van der Waals surface area contributed by atoms with Crippen LogP contribution in [-0.4, -0.2) is 17.1 Å². The molecular weight excluding hydrogens is 354 g/mol. The van der Waals surface area contributed by atoms with Gasteiger partial charge in [0, 0.05) is 9.90 Å². The van der Waals surface area contributed by atoms with E-state index in [9.17, 15) is 9.90 Å². The standard InChI is InChI=1S/C20H22ClNO2S/c21-15-6-4-14(5-7-15)20(8-2-9-20)19(24)22-18(13-11-16(23)12-13)17-3-1-10-25-17/h1,3-7,10,13,16,18,23H,2,8-9,11-12H2,(H,22,24)/t13?,16?,18-/m1/s1. The Morgan fingerprint density at radius 1 is 1.24 bits per heavy atom. The van der Waals surface area contributed by atoms with Gasteiger partial charge in [0.2, 0.25) is 5.91 Å². The lowest BCUT2D eigenvalue weighted by atomic mass is 9.63. The second kappa shape index (κ2) is 6.75. The Labute approximate surface area is 157 Å². The SMILES string of the molecule is O=C(N[C@@H](c1cccs1)C1CC(O)C1)C1(c2ccc(Cl)cc2)CCC1. The summed E-state index contributed by atoms with van der Waals surface area (Å²) in [4.78, 5) is 14.4. The number of benzene rings is 1. The number of carbonyl (C=O) groups excluding carboxylic acids is 1. The van der Waals surface area contributed by atoms with Gasteiger partial charge in [-0.2, -0.15) is 0 Å². The molecule has 2 aliphatic rings. The van der Waals surface area contributed by atoms with Crippen molar-refractivity contribution in [2.24, 2.45) is 5.92 Å². The number of carbonyl (C=O) groups is 1. The monoisotopic (exact) mass is 375 g/mol. The molecule has 1 atom stereocenters. The number of aliphatic hydroxyl groups is 1. The summed E-state index contributed by atoms with van der Waals surface area (Å²) in [6.45, 7) is 0. The molecule has 0 aliphatic heterocycles. The van der Waals surface area contributed by atoms with Gasteiger partial charge < -0.3 is 10.4 Å². The van der Waals surface area contributed by atoms with Crippen LogP contribution in [0.3, 0.4) is 0 Å². The molecule has 0 spiro atoms. The normalized spacial score (nSPS) is 25.5. The quantitative estimate of drug-likeness (QED) is 0.811. The Hall–Kier alpha value is -1.36. The highest BCUT2D eigenvalue weighted by Crippen LogP contribution is 2.46. The Balaban J connectivity index is 1.57. The lowest BCUT2D eigenvalue weighted by Crippen LogP contribution is -2.52. The van der Waals surface area contributed by atoms with Gasteiger partial charge in [0.05, 0.1) is 17.6 Å². The predicted molar refractivity (Wildman–Crippen MR) is 101 cm³/mol. The molecule has 1 heterocycles. The fraction of sp³-hybridized carbons (Fsp3) is 0.450. The first-order chi connectivity index (χ1) is 12.1. The third-order valence-electron chi connectivity index (χ3n) is 5.80. The van der Waals surface area contributed by atoms with E-state index < -0.39 is 5.41 Å². The molecule has 0 unspecified atom stereocenters. The van der Waals surface area contributed by atoms with Crippen LogP contribution in [0.2, 0.25) is 5.02 Å². The van der Waals surface area contributed by atoms with Crippen LogP contribution in [0.4, 0.5) is 0 Å². The average Bonchev–Trinajstić information content (AvgIpc) is 3.05. The number of amides is 1. The van der Waals surface area contributed by atoms with E-state index in [-0.39, 0.29) is 18.1 Å². The van der Waals surface area contributed by atoms with Crippen LogP contribution in [0.15, 0.2) is 41.8 Å². The second-order valence-corrected chi connectivity index (χ2v) is 8.71. The van der Waals surface area contributed by atoms with Crippen LogP contribution in [0.1, 0.15) is 48.6 Å². The zero-order valence-electron chi connectivity index (χ0n) is 14.0. The molecule has 1 aromatic heterocycles. The molecule has 5 heteroatoms. The summed E-state index contributed by atoms with van der Waals surface area (Å²) in [5.41, 5.74) is 0.627. The van der Waals surface area contributed by atoms with Crippen LogP contribution in [0, 0.1) is 5.92 Å². The Morgan fingerprint density at radius 3 is 2.48 bits per heavy atom. The minimum absolute atomic E-state index is 0.000625. The van der Waals surface area contributed by atoms with Gasteiger partial charge in [-0.3, -0.25) is 4.79 Å². The molecule has 0 bridgehead atoms. The van der Waals surface area contributed by atoms with Crippen molar-refractivity contribution in [2.45, 2.75) is 49.7 Å². The smallest absolute Gasteiger partial charge is 0.231 e. The van der Waals surface area contributed by atoms with Crippen molar-refractivity contribution in [3.8, 4) is 0 Å². The van der Waals surface area contributed by atoms with Crippen molar-refractivity contribution in [1.29, 1.82) is 0 Å². The minimum atomic E-state index is -0.428. The second-order valence-electron chi connectivity index (χ2n) is 7.29. The maximum atomic E-state index is 13.3. The molecule has 3 nitrogen and oxygen atoms in total. The largest absolute Gasteiger partial charge is 0.393 e. The van der Waals surface area contributed by atoms with Crippen molar-refractivity contribution >= 4 is 28.8 Å². The fourth-order valence-corrected chi connectivity index (χ4v) is 5.01. The van der Waals surface area contributed by atoms with E-state index in [1.54, 1.807) is 11.3 Å². The minimum Gasteiger partial charge on any atom is -0.393 e. The number of hydrogen-bond acceptors (Lipinski definition) is 3. The molecule has 1 amide bonds. The van der Waals surface area contributed by atoms with Gasteiger partial charge in [0.15, 0.2) is 0 Å². The van der Waals surface area contributed by atoms with Crippen molar-refractivity contribution in [1.82, 2.24) is 5.32 Å². The zero-order chi connectivity index (χ0) is 17.4. The average molecular weight is 376 g/mol. The first-order valence-corrected chi connectivity index (χ1v) is 10.1. The summed E-state index contributed by atoms with van der Waals surface area (Å²) < 4.78 is 0. The van der Waals surface area contributed by atoms with Gasteiger partial charge in [0.25, 0.3) is 0 Å². The molecule has 2 aliphatic carbocycles. The van der Waals surface area contributed by atoms with Gasteiger partial charge in [-0.25, -0.2) is 0 Å². The van der Waals surface area contributed by atoms with E-state index in [1.165, 1.54) is 4.88 Å². The fourth-order valence-electron chi connectivity index (χ4n) is 4.02. The molecule has 2 saturated carbocycles. The molecule has 2 aromatic rings. The highest BCUT2D eigenvalue weighted by atomic mass is 35.5. The summed E-state index contributed by atoms with van der Waals surface area (Å²) in [7, 11) is 0. The molecule has 1 aromatic carbocycles. The van der Waals surface area contributed by atoms with Crippen molar-refractivity contribution in [2.75, 3.05) is 0 Å². The topological polar surface area (TPSA) is 49.3 Å². The number of nitrogens with one attached hydrogen (secondary N) is 1. The Kier molecular flexibility index (Phi) is 4.61. The van der Waals surface area contributed by atoms with Crippen LogP contribution in [0.25, 0.3) is 0 Å². The maximum Gasteiger partial charge on any atom is 0.231 e. The predicted octanol–water partition coefficient (Wildman–Crippen LogP) is 4.45. The van der Waals surface area contributed by atoms with Crippen LogP contribution >= 0.6 is 22.9 Å². The van der Waals surface area contributed by atoms with Gasteiger partial charge in [-0.1, -0.05) is 36.2 Å². The van der Waals surface area contributed by atoms with Gasteiger partial charge >= 0.3 is 0 Å². The summed E-state index contributed by atoms with van der Waals surface area (Å²) in [6, 6.07) is 11.8. The highest BCUT2D eigenvalue weighted by molar-refractivity contribution is 7.10. The van der Waals surface area contributed by atoms with Gasteiger partial charge in [-0.05, 0) is 60.7 Å². The summed E-state index contributed by atoms with van der Waals surface area (Å²) in [5.74, 6) is 0.431. The van der Waals surface area contributed by atoms with Crippen LogP contribution < -0.4 is 5.32 Å². The van der Waals surface area contributed by atoms with E-state index in [4.69, 9.17) is 11.6 Å². The highest BCUT2D eigenvalue weighted by Gasteiger charge is 2.47. The first-order valence-electron chi connectivity index (χ1n) is 8.87. The third-order valence-corrected chi connectivity index (χ3v) is 7.00. The van der Waals surface area contributed by atoms with Crippen LogP contribution in [0.5, 0.6) is 0 Å². The van der Waals surface area contributed by atoms with E-state index in [0.717, 1.165) is 37.7 Å². The molecule has 2 N–H and O–H groups in total. The van der Waals surface area contributed by atoms with E-state index in [2.05, 4.69) is 11.4 Å². The molecule has 4 rings (SSSR count). The molecule has 2 fully saturated rings. The summed E-state index contributed by atoms with van der Waals surface area (Å²) in [5, 5.41) is 15.8. The molecule has 132 valence electrons. The number of rotatable bonds is 5. The van der Waals surface area contributed by atoms with E-state index in [0.29, 0.717) is 10.9 Å². The van der Waals surface area contributed by atoms with E-state index in [1.807, 2.05) is 35.7 Å². The molecule has 25 heavy (non-hydrogen) atoms. The molecule has 0 radical (unpaired) electrons. The lowest BCUT2D eigenvalue weighted by Gasteiger charge is -2.44. The summed E-state index contributed by atoms with van der Waals surface area (Å²) in [6.07, 6.45) is 4.13. The Morgan fingerprint density at radius 2 is 1.96 bits per heavy atom. The lowest BCUT2D eigenvalue weighted by molar-refractivity contribution is -0.132. The van der Waals surface area contributed by atoms with Gasteiger partial charge in [0.1, 0.15) is 0 Å². The van der Waals surface area contributed by atoms with Crippen molar-refractivity contribution < 1.29 is 9.90 Å².